The molecule has 0 spiro atoms. The molecule has 2 rings (SSSR count). The van der Waals surface area contributed by atoms with Crippen LogP contribution in [0.15, 0.2) is 48.0 Å². The Labute approximate surface area is 93.8 Å². The average Bonchev–Trinajstić information content (AvgIpc) is 2.30. The van der Waals surface area contributed by atoms with Gasteiger partial charge in [-0.25, -0.2) is 0 Å². The predicted molar refractivity (Wildman–Crippen MR) is 57.9 cm³/mol. The summed E-state index contributed by atoms with van der Waals surface area (Å²) in [4.78, 5) is 0. The van der Waals surface area contributed by atoms with Crippen LogP contribution < -0.4 is 0 Å². The summed E-state index contributed by atoms with van der Waals surface area (Å²) in [5, 5.41) is 19.0. The first-order valence-electron chi connectivity index (χ1n) is 5.15. The lowest BCUT2D eigenvalue weighted by molar-refractivity contribution is -0.0310. The standard InChI is InChI=1S/C12H14O4/c13-11-9(3-1-7-15-11)5-6-10-4-2-8-16-12(10)14/h1-4,7-8,11-14H,5-6H2. The summed E-state index contributed by atoms with van der Waals surface area (Å²) in [6, 6.07) is 0. The highest BCUT2D eigenvalue weighted by Crippen LogP contribution is 2.22. The van der Waals surface area contributed by atoms with Crippen LogP contribution in [0.1, 0.15) is 12.8 Å². The largest absolute Gasteiger partial charge is 0.469 e. The smallest absolute Gasteiger partial charge is 0.219 e. The van der Waals surface area contributed by atoms with Gasteiger partial charge >= 0.3 is 0 Å². The van der Waals surface area contributed by atoms with E-state index in [-0.39, 0.29) is 0 Å². The highest BCUT2D eigenvalue weighted by molar-refractivity contribution is 5.22. The molecule has 0 aliphatic carbocycles. The van der Waals surface area contributed by atoms with Crippen molar-refractivity contribution in [1.29, 1.82) is 0 Å². The van der Waals surface area contributed by atoms with Gasteiger partial charge in [0.1, 0.15) is 0 Å². The van der Waals surface area contributed by atoms with E-state index in [0.29, 0.717) is 12.8 Å². The van der Waals surface area contributed by atoms with E-state index < -0.39 is 12.6 Å². The van der Waals surface area contributed by atoms with E-state index in [1.807, 2.05) is 12.2 Å². The van der Waals surface area contributed by atoms with Crippen LogP contribution in [-0.4, -0.2) is 22.8 Å². The van der Waals surface area contributed by atoms with E-state index in [2.05, 4.69) is 0 Å². The molecule has 0 saturated heterocycles. The number of hydrogen-bond acceptors (Lipinski definition) is 4. The quantitative estimate of drug-likeness (QED) is 0.756. The Hall–Kier alpha value is -1.52. The van der Waals surface area contributed by atoms with Gasteiger partial charge in [0, 0.05) is 0 Å². The maximum atomic E-state index is 9.50. The zero-order valence-electron chi connectivity index (χ0n) is 8.74. The van der Waals surface area contributed by atoms with Gasteiger partial charge in [-0.3, -0.25) is 0 Å². The van der Waals surface area contributed by atoms with Gasteiger partial charge in [-0.05, 0) is 36.1 Å². The number of allylic oxidation sites excluding steroid dienone is 4. The van der Waals surface area contributed by atoms with Crippen LogP contribution in [0.2, 0.25) is 0 Å². The second-order valence-electron chi connectivity index (χ2n) is 3.62. The fourth-order valence-electron chi connectivity index (χ4n) is 1.61. The summed E-state index contributed by atoms with van der Waals surface area (Å²) in [7, 11) is 0. The Morgan fingerprint density at radius 3 is 1.69 bits per heavy atom. The third-order valence-electron chi connectivity index (χ3n) is 2.53. The maximum absolute atomic E-state index is 9.50. The fourth-order valence-corrected chi connectivity index (χ4v) is 1.61. The SMILES string of the molecule is OC1OC=CC=C1CCC1=CC=COC1O. The Bertz CT molecular complexity index is 329. The highest BCUT2D eigenvalue weighted by atomic mass is 16.6. The molecule has 2 N–H and O–H groups in total. The van der Waals surface area contributed by atoms with Crippen molar-refractivity contribution in [1.82, 2.24) is 0 Å². The lowest BCUT2D eigenvalue weighted by atomic mass is 10.0. The summed E-state index contributed by atoms with van der Waals surface area (Å²) in [5.74, 6) is 0. The van der Waals surface area contributed by atoms with Gasteiger partial charge in [0.2, 0.25) is 12.6 Å². The lowest BCUT2D eigenvalue weighted by Gasteiger charge is -2.20. The molecule has 0 radical (unpaired) electrons. The van der Waals surface area contributed by atoms with Crippen molar-refractivity contribution in [2.75, 3.05) is 0 Å². The molecule has 2 unspecified atom stereocenters. The van der Waals surface area contributed by atoms with Gasteiger partial charge in [0.25, 0.3) is 0 Å². The highest BCUT2D eigenvalue weighted by Gasteiger charge is 2.17. The molecule has 0 amide bonds. The fraction of sp³-hybridized carbons (Fsp3) is 0.333. The van der Waals surface area contributed by atoms with Crippen LogP contribution in [-0.2, 0) is 9.47 Å². The molecule has 86 valence electrons. The molecule has 0 aromatic carbocycles. The van der Waals surface area contributed by atoms with E-state index in [1.54, 1.807) is 12.2 Å². The van der Waals surface area contributed by atoms with Gasteiger partial charge in [-0.1, -0.05) is 12.2 Å². The van der Waals surface area contributed by atoms with E-state index in [1.165, 1.54) is 12.5 Å². The molecule has 4 nitrogen and oxygen atoms in total. The second kappa shape index (κ2) is 5.01. The Kier molecular flexibility index (Phi) is 3.44. The van der Waals surface area contributed by atoms with Gasteiger partial charge in [0.05, 0.1) is 12.5 Å². The van der Waals surface area contributed by atoms with E-state index >= 15 is 0 Å². The maximum Gasteiger partial charge on any atom is 0.219 e. The number of ether oxygens (including phenoxy) is 2. The van der Waals surface area contributed by atoms with E-state index in [4.69, 9.17) is 9.47 Å². The van der Waals surface area contributed by atoms with Crippen LogP contribution in [0, 0.1) is 0 Å². The molecule has 0 fully saturated rings. The summed E-state index contributed by atoms with van der Waals surface area (Å²) in [5.41, 5.74) is 1.59. The molecular formula is C12H14O4. The first-order chi connectivity index (χ1) is 7.77. The average molecular weight is 222 g/mol. The van der Waals surface area contributed by atoms with Gasteiger partial charge in [0.15, 0.2) is 0 Å². The first-order valence-corrected chi connectivity index (χ1v) is 5.15. The molecule has 4 heteroatoms. The molecular weight excluding hydrogens is 208 g/mol. The van der Waals surface area contributed by atoms with Crippen molar-refractivity contribution in [2.45, 2.75) is 25.4 Å². The molecule has 0 bridgehead atoms. The van der Waals surface area contributed by atoms with Crippen molar-refractivity contribution in [3.63, 3.8) is 0 Å². The minimum absolute atomic E-state index is 0.631. The summed E-state index contributed by atoms with van der Waals surface area (Å²) < 4.78 is 9.87. The summed E-state index contributed by atoms with van der Waals surface area (Å²) in [6.45, 7) is 0. The predicted octanol–water partition coefficient (Wildman–Crippen LogP) is 1.34. The van der Waals surface area contributed by atoms with Crippen LogP contribution in [0.5, 0.6) is 0 Å². The minimum Gasteiger partial charge on any atom is -0.469 e. The molecule has 2 aliphatic rings. The molecule has 0 aromatic rings. The number of aliphatic hydroxyl groups is 2. The normalized spacial score (nSPS) is 27.9. The molecule has 0 aromatic heterocycles. The third-order valence-corrected chi connectivity index (χ3v) is 2.53. The third kappa shape index (κ3) is 2.53. The van der Waals surface area contributed by atoms with Crippen molar-refractivity contribution in [3.05, 3.63) is 48.0 Å². The Balaban J connectivity index is 1.92. The summed E-state index contributed by atoms with van der Waals surface area (Å²) in [6.07, 6.45) is 9.54. The van der Waals surface area contributed by atoms with Gasteiger partial charge in [-0.2, -0.15) is 0 Å². The van der Waals surface area contributed by atoms with E-state index in [9.17, 15) is 10.2 Å². The van der Waals surface area contributed by atoms with Crippen LogP contribution >= 0.6 is 0 Å². The van der Waals surface area contributed by atoms with Crippen LogP contribution in [0.3, 0.4) is 0 Å². The van der Waals surface area contributed by atoms with Crippen molar-refractivity contribution in [2.24, 2.45) is 0 Å². The second-order valence-corrected chi connectivity index (χ2v) is 3.62. The Morgan fingerprint density at radius 2 is 1.31 bits per heavy atom. The monoisotopic (exact) mass is 222 g/mol. The number of hydrogen-bond donors (Lipinski definition) is 2. The number of rotatable bonds is 3. The van der Waals surface area contributed by atoms with Crippen molar-refractivity contribution >= 4 is 0 Å². The van der Waals surface area contributed by atoms with Crippen LogP contribution in [0.4, 0.5) is 0 Å². The Morgan fingerprint density at radius 1 is 0.875 bits per heavy atom. The van der Waals surface area contributed by atoms with Gasteiger partial charge < -0.3 is 19.7 Å². The van der Waals surface area contributed by atoms with Crippen molar-refractivity contribution in [3.8, 4) is 0 Å². The molecule has 2 heterocycles. The molecule has 16 heavy (non-hydrogen) atoms. The minimum atomic E-state index is -0.872. The molecule has 0 saturated carbocycles. The molecule has 2 atom stereocenters. The lowest BCUT2D eigenvalue weighted by Crippen LogP contribution is -2.17. The molecule has 2 aliphatic heterocycles. The topological polar surface area (TPSA) is 58.9 Å². The van der Waals surface area contributed by atoms with E-state index in [0.717, 1.165) is 11.1 Å². The number of aliphatic hydroxyl groups excluding tert-OH is 2. The van der Waals surface area contributed by atoms with Gasteiger partial charge in [-0.15, -0.1) is 0 Å². The zero-order valence-corrected chi connectivity index (χ0v) is 8.74. The first kappa shape index (κ1) is 11.0. The van der Waals surface area contributed by atoms with Crippen molar-refractivity contribution < 1.29 is 19.7 Å². The summed E-state index contributed by atoms with van der Waals surface area (Å²) >= 11 is 0. The zero-order chi connectivity index (χ0) is 11.4. The van der Waals surface area contributed by atoms with Crippen LogP contribution in [0.25, 0.3) is 0 Å².